The number of rotatable bonds is 3. The van der Waals surface area contributed by atoms with Crippen LogP contribution in [-0.4, -0.2) is 9.91 Å². The quantitative estimate of drug-likeness (QED) is 0.691. The maximum atomic E-state index is 10.5. The van der Waals surface area contributed by atoms with Crippen molar-refractivity contribution in [2.24, 2.45) is 0 Å². The lowest BCUT2D eigenvalue weighted by molar-refractivity contribution is -0.385. The summed E-state index contributed by atoms with van der Waals surface area (Å²) >= 11 is 3.39. The first kappa shape index (κ1) is 12.5. The Kier molecular flexibility index (Phi) is 3.57. The van der Waals surface area contributed by atoms with Gasteiger partial charge in [0.25, 0.3) is 5.69 Å². The second kappa shape index (κ2) is 5.14. The molecule has 0 aliphatic carbocycles. The van der Waals surface area contributed by atoms with Crippen LogP contribution in [0.15, 0.2) is 41.0 Å². The monoisotopic (exact) mass is 307 g/mol. The molecular weight excluding hydrogens is 298 g/mol. The first-order valence-corrected chi connectivity index (χ1v) is 5.99. The fourth-order valence-electron chi connectivity index (χ4n) is 1.47. The van der Waals surface area contributed by atoms with Crippen molar-refractivity contribution in [3.63, 3.8) is 0 Å². The highest BCUT2D eigenvalue weighted by atomic mass is 79.9. The van der Waals surface area contributed by atoms with Crippen LogP contribution >= 0.6 is 15.9 Å². The SMILES string of the molecule is Cc1cc(Br)ccc1Nc1ccc([N+](=O)[O-])cn1. The number of hydrogen-bond acceptors (Lipinski definition) is 4. The van der Waals surface area contributed by atoms with E-state index in [1.807, 2.05) is 25.1 Å². The van der Waals surface area contributed by atoms with E-state index >= 15 is 0 Å². The molecule has 0 bridgehead atoms. The summed E-state index contributed by atoms with van der Waals surface area (Å²) in [6, 6.07) is 8.82. The average molecular weight is 308 g/mol. The van der Waals surface area contributed by atoms with Crippen LogP contribution in [-0.2, 0) is 0 Å². The number of pyridine rings is 1. The number of hydrogen-bond donors (Lipinski definition) is 1. The van der Waals surface area contributed by atoms with Crippen molar-refractivity contribution in [1.29, 1.82) is 0 Å². The molecule has 1 N–H and O–H groups in total. The number of aromatic nitrogens is 1. The zero-order chi connectivity index (χ0) is 13.1. The lowest BCUT2D eigenvalue weighted by Gasteiger charge is -2.08. The van der Waals surface area contributed by atoms with E-state index in [1.54, 1.807) is 6.07 Å². The van der Waals surface area contributed by atoms with Crippen molar-refractivity contribution in [1.82, 2.24) is 4.98 Å². The average Bonchev–Trinajstić information content (AvgIpc) is 2.33. The lowest BCUT2D eigenvalue weighted by Crippen LogP contribution is -1.96. The molecule has 0 saturated heterocycles. The highest BCUT2D eigenvalue weighted by Gasteiger charge is 2.06. The van der Waals surface area contributed by atoms with Crippen LogP contribution in [0.1, 0.15) is 5.56 Å². The van der Waals surface area contributed by atoms with E-state index in [4.69, 9.17) is 0 Å². The topological polar surface area (TPSA) is 68.1 Å². The minimum absolute atomic E-state index is 0.0203. The molecule has 2 rings (SSSR count). The number of benzene rings is 1. The zero-order valence-corrected chi connectivity index (χ0v) is 11.1. The molecule has 0 saturated carbocycles. The summed E-state index contributed by atoms with van der Waals surface area (Å²) in [5, 5.41) is 13.6. The highest BCUT2D eigenvalue weighted by molar-refractivity contribution is 9.10. The highest BCUT2D eigenvalue weighted by Crippen LogP contribution is 2.23. The van der Waals surface area contributed by atoms with Gasteiger partial charge in [0.15, 0.2) is 0 Å². The lowest BCUT2D eigenvalue weighted by atomic mass is 10.2. The minimum atomic E-state index is -0.471. The minimum Gasteiger partial charge on any atom is -0.340 e. The van der Waals surface area contributed by atoms with Crippen LogP contribution in [0.5, 0.6) is 0 Å². The smallest absolute Gasteiger partial charge is 0.287 e. The molecule has 0 aliphatic heterocycles. The van der Waals surface area contributed by atoms with Crippen LogP contribution in [0.4, 0.5) is 17.2 Å². The van der Waals surface area contributed by atoms with Crippen molar-refractivity contribution in [3.8, 4) is 0 Å². The number of anilines is 2. The molecule has 5 nitrogen and oxygen atoms in total. The molecule has 0 unspecified atom stereocenters. The molecular formula is C12H10BrN3O2. The normalized spacial score (nSPS) is 10.1. The van der Waals surface area contributed by atoms with Gasteiger partial charge in [-0.05, 0) is 36.8 Å². The Morgan fingerprint density at radius 3 is 2.67 bits per heavy atom. The Balaban J connectivity index is 2.21. The maximum Gasteiger partial charge on any atom is 0.287 e. The molecule has 0 spiro atoms. The van der Waals surface area contributed by atoms with Gasteiger partial charge in [0, 0.05) is 16.2 Å². The molecule has 1 heterocycles. The summed E-state index contributed by atoms with van der Waals surface area (Å²) in [5.41, 5.74) is 1.96. The van der Waals surface area contributed by atoms with Gasteiger partial charge < -0.3 is 5.32 Å². The molecule has 0 amide bonds. The zero-order valence-electron chi connectivity index (χ0n) is 9.55. The first-order valence-electron chi connectivity index (χ1n) is 5.20. The predicted octanol–water partition coefficient (Wildman–Crippen LogP) is 3.80. The van der Waals surface area contributed by atoms with Crippen molar-refractivity contribution in [3.05, 3.63) is 56.7 Å². The van der Waals surface area contributed by atoms with Crippen LogP contribution < -0.4 is 5.32 Å². The standard InChI is InChI=1S/C12H10BrN3O2/c1-8-6-9(13)2-4-11(8)15-12-5-3-10(7-14-12)16(17)18/h2-7H,1H3,(H,14,15). The van der Waals surface area contributed by atoms with Gasteiger partial charge in [0.1, 0.15) is 12.0 Å². The fourth-order valence-corrected chi connectivity index (χ4v) is 1.95. The molecule has 0 fully saturated rings. The Morgan fingerprint density at radius 1 is 1.33 bits per heavy atom. The van der Waals surface area contributed by atoms with Gasteiger partial charge in [-0.25, -0.2) is 4.98 Å². The molecule has 1 aromatic heterocycles. The van der Waals surface area contributed by atoms with Crippen LogP contribution in [0.3, 0.4) is 0 Å². The van der Waals surface area contributed by atoms with Gasteiger partial charge in [-0.2, -0.15) is 0 Å². The molecule has 0 atom stereocenters. The Morgan fingerprint density at radius 2 is 2.11 bits per heavy atom. The Bertz CT molecular complexity index is 584. The van der Waals surface area contributed by atoms with E-state index < -0.39 is 4.92 Å². The van der Waals surface area contributed by atoms with Gasteiger partial charge in [0.2, 0.25) is 0 Å². The number of halogens is 1. The Labute approximate surface area is 112 Å². The molecule has 18 heavy (non-hydrogen) atoms. The van der Waals surface area contributed by atoms with Crippen molar-refractivity contribution < 1.29 is 4.92 Å². The maximum absolute atomic E-state index is 10.5. The molecule has 92 valence electrons. The summed E-state index contributed by atoms with van der Waals surface area (Å²) in [6.45, 7) is 1.97. The van der Waals surface area contributed by atoms with Crippen molar-refractivity contribution >= 4 is 33.1 Å². The van der Waals surface area contributed by atoms with Gasteiger partial charge in [0.05, 0.1) is 4.92 Å². The largest absolute Gasteiger partial charge is 0.340 e. The molecule has 6 heteroatoms. The third-order valence-electron chi connectivity index (χ3n) is 2.41. The van der Waals surface area contributed by atoms with E-state index in [2.05, 4.69) is 26.2 Å². The van der Waals surface area contributed by atoms with Gasteiger partial charge in [-0.15, -0.1) is 0 Å². The van der Waals surface area contributed by atoms with E-state index in [9.17, 15) is 10.1 Å². The summed E-state index contributed by atoms with van der Waals surface area (Å²) in [4.78, 5) is 14.0. The second-order valence-corrected chi connectivity index (χ2v) is 4.66. The van der Waals surface area contributed by atoms with E-state index in [1.165, 1.54) is 12.3 Å². The van der Waals surface area contributed by atoms with Crippen LogP contribution in [0.2, 0.25) is 0 Å². The van der Waals surface area contributed by atoms with Crippen molar-refractivity contribution in [2.75, 3.05) is 5.32 Å². The molecule has 0 radical (unpaired) electrons. The van der Waals surface area contributed by atoms with Gasteiger partial charge in [-0.3, -0.25) is 10.1 Å². The van der Waals surface area contributed by atoms with Crippen molar-refractivity contribution in [2.45, 2.75) is 6.92 Å². The third kappa shape index (κ3) is 2.84. The Hall–Kier alpha value is -1.95. The van der Waals surface area contributed by atoms with Gasteiger partial charge >= 0.3 is 0 Å². The van der Waals surface area contributed by atoms with E-state index in [-0.39, 0.29) is 5.69 Å². The molecule has 0 aliphatic rings. The number of nitro groups is 1. The number of aryl methyl sites for hydroxylation is 1. The first-order chi connectivity index (χ1) is 8.56. The molecule has 2 aromatic rings. The second-order valence-electron chi connectivity index (χ2n) is 3.74. The molecule has 1 aromatic carbocycles. The van der Waals surface area contributed by atoms with Crippen LogP contribution in [0, 0.1) is 17.0 Å². The summed E-state index contributed by atoms with van der Waals surface area (Å²) in [6.07, 6.45) is 1.23. The van der Waals surface area contributed by atoms with E-state index in [0.717, 1.165) is 15.7 Å². The number of nitrogens with zero attached hydrogens (tertiary/aromatic N) is 2. The fraction of sp³-hybridized carbons (Fsp3) is 0.0833. The van der Waals surface area contributed by atoms with E-state index in [0.29, 0.717) is 5.82 Å². The summed E-state index contributed by atoms with van der Waals surface area (Å²) in [7, 11) is 0. The summed E-state index contributed by atoms with van der Waals surface area (Å²) < 4.78 is 1.00. The van der Waals surface area contributed by atoms with Gasteiger partial charge in [-0.1, -0.05) is 15.9 Å². The summed E-state index contributed by atoms with van der Waals surface area (Å²) in [5.74, 6) is 0.575. The number of nitrogens with one attached hydrogen (secondary N) is 1. The van der Waals surface area contributed by atoms with Crippen LogP contribution in [0.25, 0.3) is 0 Å². The third-order valence-corrected chi connectivity index (χ3v) is 2.90. The predicted molar refractivity (Wildman–Crippen MR) is 73.1 cm³/mol.